The van der Waals surface area contributed by atoms with E-state index in [1.165, 1.54) is 5.56 Å². The summed E-state index contributed by atoms with van der Waals surface area (Å²) in [6, 6.07) is 8.02. The lowest BCUT2D eigenvalue weighted by molar-refractivity contribution is 0.300. The smallest absolute Gasteiger partial charge is 0.0406 e. The van der Waals surface area contributed by atoms with Crippen LogP contribution in [0.15, 0.2) is 24.3 Å². The second-order valence-electron chi connectivity index (χ2n) is 4.49. The van der Waals surface area contributed by atoms with E-state index in [-0.39, 0.29) is 0 Å². The molecule has 0 aliphatic heterocycles. The number of nitrogens with zero attached hydrogens (tertiary/aromatic N) is 1. The van der Waals surface area contributed by atoms with E-state index in [1.807, 2.05) is 12.1 Å². The van der Waals surface area contributed by atoms with Crippen LogP contribution < -0.4 is 5.73 Å². The number of hydrogen-bond donors (Lipinski definition) is 1. The van der Waals surface area contributed by atoms with E-state index in [2.05, 4.69) is 31.0 Å². The molecule has 1 aromatic carbocycles. The molecule has 0 saturated heterocycles. The summed E-state index contributed by atoms with van der Waals surface area (Å²) in [7, 11) is 2.14. The zero-order chi connectivity index (χ0) is 12.0. The van der Waals surface area contributed by atoms with Crippen LogP contribution in [0.2, 0.25) is 5.02 Å². The van der Waals surface area contributed by atoms with Crippen LogP contribution in [0.3, 0.4) is 0 Å². The maximum absolute atomic E-state index is 5.84. The van der Waals surface area contributed by atoms with Crippen molar-refractivity contribution in [1.82, 2.24) is 4.90 Å². The van der Waals surface area contributed by atoms with Crippen molar-refractivity contribution in [3.8, 4) is 0 Å². The SMILES string of the molecule is CC(CN)CCN(C)Cc1ccc(Cl)cc1. The van der Waals surface area contributed by atoms with Gasteiger partial charge >= 0.3 is 0 Å². The number of rotatable bonds is 6. The molecule has 0 saturated carbocycles. The first-order chi connectivity index (χ1) is 7.61. The van der Waals surface area contributed by atoms with Gasteiger partial charge in [0.15, 0.2) is 0 Å². The van der Waals surface area contributed by atoms with Crippen molar-refractivity contribution >= 4 is 11.6 Å². The average molecular weight is 241 g/mol. The molecule has 2 nitrogen and oxygen atoms in total. The third kappa shape index (κ3) is 4.97. The van der Waals surface area contributed by atoms with Crippen LogP contribution in [0.25, 0.3) is 0 Å². The third-order valence-corrected chi connectivity index (χ3v) is 3.02. The topological polar surface area (TPSA) is 29.3 Å². The van der Waals surface area contributed by atoms with Crippen molar-refractivity contribution in [3.05, 3.63) is 34.9 Å². The molecule has 3 heteroatoms. The molecular formula is C13H21ClN2. The van der Waals surface area contributed by atoms with Crippen molar-refractivity contribution < 1.29 is 0 Å². The van der Waals surface area contributed by atoms with Crippen LogP contribution in [0.1, 0.15) is 18.9 Å². The highest BCUT2D eigenvalue weighted by Gasteiger charge is 2.03. The van der Waals surface area contributed by atoms with Gasteiger partial charge in [-0.25, -0.2) is 0 Å². The van der Waals surface area contributed by atoms with E-state index in [0.29, 0.717) is 5.92 Å². The highest BCUT2D eigenvalue weighted by molar-refractivity contribution is 6.30. The van der Waals surface area contributed by atoms with E-state index in [4.69, 9.17) is 17.3 Å². The Bertz CT molecular complexity index is 297. The number of halogens is 1. The van der Waals surface area contributed by atoms with Gasteiger partial charge in [0, 0.05) is 11.6 Å². The Morgan fingerprint density at radius 3 is 2.50 bits per heavy atom. The Kier molecular flexibility index (Phi) is 5.81. The molecule has 0 aliphatic carbocycles. The number of hydrogen-bond acceptors (Lipinski definition) is 2. The molecular weight excluding hydrogens is 220 g/mol. The van der Waals surface area contributed by atoms with Crippen LogP contribution in [0.4, 0.5) is 0 Å². The predicted molar refractivity (Wildman–Crippen MR) is 70.6 cm³/mol. The minimum absolute atomic E-state index is 0.604. The summed E-state index contributed by atoms with van der Waals surface area (Å²) in [5, 5.41) is 0.795. The molecule has 0 radical (unpaired) electrons. The van der Waals surface area contributed by atoms with E-state index in [1.54, 1.807) is 0 Å². The summed E-state index contributed by atoms with van der Waals surface area (Å²) in [5.41, 5.74) is 6.89. The fourth-order valence-corrected chi connectivity index (χ4v) is 1.67. The molecule has 1 atom stereocenters. The minimum atomic E-state index is 0.604. The third-order valence-electron chi connectivity index (χ3n) is 2.77. The average Bonchev–Trinajstić information content (AvgIpc) is 2.29. The van der Waals surface area contributed by atoms with Crippen LogP contribution >= 0.6 is 11.6 Å². The van der Waals surface area contributed by atoms with Gasteiger partial charge in [-0.2, -0.15) is 0 Å². The van der Waals surface area contributed by atoms with E-state index >= 15 is 0 Å². The first-order valence-corrected chi connectivity index (χ1v) is 6.12. The molecule has 0 heterocycles. The molecule has 16 heavy (non-hydrogen) atoms. The Morgan fingerprint density at radius 2 is 1.94 bits per heavy atom. The Hall–Kier alpha value is -0.570. The fraction of sp³-hybridized carbons (Fsp3) is 0.538. The van der Waals surface area contributed by atoms with Crippen molar-refractivity contribution in [2.24, 2.45) is 11.7 Å². The largest absolute Gasteiger partial charge is 0.330 e. The van der Waals surface area contributed by atoms with Crippen molar-refractivity contribution in [3.63, 3.8) is 0 Å². The first kappa shape index (κ1) is 13.5. The van der Waals surface area contributed by atoms with Gasteiger partial charge in [-0.3, -0.25) is 0 Å². The predicted octanol–water partition coefficient (Wildman–Crippen LogP) is 2.76. The Balaban J connectivity index is 2.33. The van der Waals surface area contributed by atoms with Gasteiger partial charge in [0.2, 0.25) is 0 Å². The van der Waals surface area contributed by atoms with Crippen molar-refractivity contribution in [2.75, 3.05) is 20.1 Å². The van der Waals surface area contributed by atoms with E-state index < -0.39 is 0 Å². The fourth-order valence-electron chi connectivity index (χ4n) is 1.54. The molecule has 0 spiro atoms. The molecule has 0 fully saturated rings. The highest BCUT2D eigenvalue weighted by Crippen LogP contribution is 2.11. The Morgan fingerprint density at radius 1 is 1.31 bits per heavy atom. The molecule has 2 N–H and O–H groups in total. The van der Waals surface area contributed by atoms with Gasteiger partial charge in [-0.15, -0.1) is 0 Å². The lowest BCUT2D eigenvalue weighted by Gasteiger charge is -2.18. The molecule has 90 valence electrons. The van der Waals surface area contributed by atoms with Gasteiger partial charge < -0.3 is 10.6 Å². The van der Waals surface area contributed by atoms with Crippen LogP contribution in [-0.4, -0.2) is 25.0 Å². The summed E-state index contributed by atoms with van der Waals surface area (Å²) in [4.78, 5) is 2.31. The summed E-state index contributed by atoms with van der Waals surface area (Å²) < 4.78 is 0. The maximum Gasteiger partial charge on any atom is 0.0406 e. The quantitative estimate of drug-likeness (QED) is 0.829. The van der Waals surface area contributed by atoms with Crippen LogP contribution in [-0.2, 0) is 6.54 Å². The molecule has 1 unspecified atom stereocenters. The molecule has 0 bridgehead atoms. The van der Waals surface area contributed by atoms with Crippen LogP contribution in [0, 0.1) is 5.92 Å². The molecule has 0 aromatic heterocycles. The van der Waals surface area contributed by atoms with Gasteiger partial charge in [-0.1, -0.05) is 30.7 Å². The zero-order valence-corrected chi connectivity index (χ0v) is 10.9. The van der Waals surface area contributed by atoms with E-state index in [9.17, 15) is 0 Å². The van der Waals surface area contributed by atoms with Gasteiger partial charge in [0.25, 0.3) is 0 Å². The highest BCUT2D eigenvalue weighted by atomic mass is 35.5. The molecule has 0 amide bonds. The lowest BCUT2D eigenvalue weighted by atomic mass is 10.1. The van der Waals surface area contributed by atoms with Gasteiger partial charge in [-0.05, 0) is 50.2 Å². The molecule has 1 aromatic rings. The maximum atomic E-state index is 5.84. The first-order valence-electron chi connectivity index (χ1n) is 5.75. The van der Waals surface area contributed by atoms with Crippen molar-refractivity contribution in [1.29, 1.82) is 0 Å². The van der Waals surface area contributed by atoms with Crippen LogP contribution in [0.5, 0.6) is 0 Å². The zero-order valence-electron chi connectivity index (χ0n) is 10.1. The normalized spacial score (nSPS) is 13.1. The lowest BCUT2D eigenvalue weighted by Crippen LogP contribution is -2.23. The second-order valence-corrected chi connectivity index (χ2v) is 4.93. The van der Waals surface area contributed by atoms with Gasteiger partial charge in [0.05, 0.1) is 0 Å². The minimum Gasteiger partial charge on any atom is -0.330 e. The molecule has 0 aliphatic rings. The summed E-state index contributed by atoms with van der Waals surface area (Å²) in [6.07, 6.45) is 1.15. The molecule has 1 rings (SSSR count). The second kappa shape index (κ2) is 6.89. The standard InChI is InChI=1S/C13H21ClN2/c1-11(9-15)7-8-16(2)10-12-3-5-13(14)6-4-12/h3-6,11H,7-10,15H2,1-2H3. The summed E-state index contributed by atoms with van der Waals surface area (Å²) >= 11 is 5.84. The van der Waals surface area contributed by atoms with E-state index in [0.717, 1.165) is 31.1 Å². The summed E-state index contributed by atoms with van der Waals surface area (Å²) in [5.74, 6) is 0.604. The monoisotopic (exact) mass is 240 g/mol. The number of nitrogens with two attached hydrogens (primary N) is 1. The Labute approximate surface area is 103 Å². The summed E-state index contributed by atoms with van der Waals surface area (Å²) in [6.45, 7) is 5.01. The number of benzene rings is 1. The van der Waals surface area contributed by atoms with Gasteiger partial charge in [0.1, 0.15) is 0 Å². The van der Waals surface area contributed by atoms with Crippen molar-refractivity contribution in [2.45, 2.75) is 19.9 Å².